The molecule has 1 fully saturated rings. The van der Waals surface area contributed by atoms with Gasteiger partial charge in [-0.15, -0.1) is 0 Å². The SMILES string of the molecule is CN(C)S(=O)(=O)N1CCc2nc(N)nc(N[C@@H]3CCOC3)c2CC1. The molecule has 0 radical (unpaired) electrons. The molecule has 1 aromatic rings. The quantitative estimate of drug-likeness (QED) is 0.745. The number of rotatable bonds is 4. The summed E-state index contributed by atoms with van der Waals surface area (Å²) in [4.78, 5) is 8.67. The van der Waals surface area contributed by atoms with E-state index in [4.69, 9.17) is 10.5 Å². The zero-order valence-electron chi connectivity index (χ0n) is 14.0. The van der Waals surface area contributed by atoms with Crippen molar-refractivity contribution in [2.24, 2.45) is 0 Å². The highest BCUT2D eigenvalue weighted by Gasteiger charge is 2.29. The first-order chi connectivity index (χ1) is 11.4. The predicted octanol–water partition coefficient (Wildman–Crippen LogP) is -0.533. The van der Waals surface area contributed by atoms with Gasteiger partial charge in [-0.1, -0.05) is 0 Å². The van der Waals surface area contributed by atoms with E-state index in [-0.39, 0.29) is 12.0 Å². The molecule has 134 valence electrons. The lowest BCUT2D eigenvalue weighted by Crippen LogP contribution is -2.41. The highest BCUT2D eigenvalue weighted by molar-refractivity contribution is 7.86. The lowest BCUT2D eigenvalue weighted by molar-refractivity contribution is 0.195. The number of ether oxygens (including phenoxy) is 1. The van der Waals surface area contributed by atoms with Crippen molar-refractivity contribution in [3.63, 3.8) is 0 Å². The van der Waals surface area contributed by atoms with Crippen LogP contribution in [0, 0.1) is 0 Å². The number of hydrogen-bond donors (Lipinski definition) is 2. The fourth-order valence-electron chi connectivity index (χ4n) is 3.02. The largest absolute Gasteiger partial charge is 0.379 e. The molecule has 24 heavy (non-hydrogen) atoms. The molecule has 1 atom stereocenters. The molecule has 2 aliphatic rings. The Kier molecular flexibility index (Phi) is 4.90. The van der Waals surface area contributed by atoms with Gasteiger partial charge in [0.1, 0.15) is 5.82 Å². The van der Waals surface area contributed by atoms with Crippen molar-refractivity contribution in [3.8, 4) is 0 Å². The van der Waals surface area contributed by atoms with Gasteiger partial charge in [0.05, 0.1) is 18.3 Å². The van der Waals surface area contributed by atoms with Crippen LogP contribution in [0.5, 0.6) is 0 Å². The first-order valence-corrected chi connectivity index (χ1v) is 9.45. The molecule has 0 saturated carbocycles. The van der Waals surface area contributed by atoms with Crippen LogP contribution in [0.2, 0.25) is 0 Å². The number of nitrogens with zero attached hydrogens (tertiary/aromatic N) is 4. The van der Waals surface area contributed by atoms with Crippen LogP contribution in [-0.4, -0.2) is 73.4 Å². The molecule has 0 spiro atoms. The molecular formula is C14H24N6O3S. The monoisotopic (exact) mass is 356 g/mol. The second-order valence-electron chi connectivity index (χ2n) is 6.25. The highest BCUT2D eigenvalue weighted by Crippen LogP contribution is 2.25. The number of fused-ring (bicyclic) bond motifs is 1. The molecule has 3 N–H and O–H groups in total. The Bertz CT molecular complexity index is 703. The summed E-state index contributed by atoms with van der Waals surface area (Å²) in [6.45, 7) is 2.15. The van der Waals surface area contributed by atoms with Crippen molar-refractivity contribution in [2.45, 2.75) is 25.3 Å². The van der Waals surface area contributed by atoms with Gasteiger partial charge in [-0.3, -0.25) is 0 Å². The van der Waals surface area contributed by atoms with Crippen LogP contribution in [0.4, 0.5) is 11.8 Å². The third kappa shape index (κ3) is 3.46. The Hall–Kier alpha value is -1.49. The second kappa shape index (κ2) is 6.79. The van der Waals surface area contributed by atoms with Gasteiger partial charge in [-0.05, 0) is 12.8 Å². The predicted molar refractivity (Wildman–Crippen MR) is 90.9 cm³/mol. The molecule has 0 aliphatic carbocycles. The van der Waals surface area contributed by atoms with E-state index in [9.17, 15) is 8.42 Å². The topological polar surface area (TPSA) is 114 Å². The smallest absolute Gasteiger partial charge is 0.281 e. The van der Waals surface area contributed by atoms with Gasteiger partial charge in [-0.25, -0.2) is 4.98 Å². The summed E-state index contributed by atoms with van der Waals surface area (Å²) in [5.41, 5.74) is 7.61. The van der Waals surface area contributed by atoms with Gasteiger partial charge in [0.2, 0.25) is 5.95 Å². The number of aromatic nitrogens is 2. The Morgan fingerprint density at radius 3 is 2.71 bits per heavy atom. The van der Waals surface area contributed by atoms with Gasteiger partial charge < -0.3 is 15.8 Å². The van der Waals surface area contributed by atoms with E-state index in [2.05, 4.69) is 15.3 Å². The standard InChI is InChI=1S/C14H24N6O3S/c1-19(2)24(21,22)20-6-3-11-12(4-7-20)17-14(15)18-13(11)16-10-5-8-23-9-10/h10H,3-9H2,1-2H3,(H3,15,16,17,18)/t10-/m1/s1. The number of nitrogen functional groups attached to an aromatic ring is 1. The zero-order chi connectivity index (χ0) is 17.3. The first kappa shape index (κ1) is 17.3. The average Bonchev–Trinajstić information content (AvgIpc) is 2.91. The molecule has 0 bridgehead atoms. The van der Waals surface area contributed by atoms with E-state index in [1.807, 2.05) is 0 Å². The van der Waals surface area contributed by atoms with Crippen molar-refractivity contribution < 1.29 is 13.2 Å². The summed E-state index contributed by atoms with van der Waals surface area (Å²) >= 11 is 0. The highest BCUT2D eigenvalue weighted by atomic mass is 32.2. The molecule has 1 saturated heterocycles. The minimum absolute atomic E-state index is 0.202. The molecular weight excluding hydrogens is 332 g/mol. The third-order valence-electron chi connectivity index (χ3n) is 4.38. The van der Waals surface area contributed by atoms with Crippen LogP contribution >= 0.6 is 0 Å². The van der Waals surface area contributed by atoms with Crippen LogP contribution < -0.4 is 11.1 Å². The Balaban J connectivity index is 1.85. The first-order valence-electron chi connectivity index (χ1n) is 8.05. The number of hydrogen-bond acceptors (Lipinski definition) is 7. The number of nitrogens with one attached hydrogen (secondary N) is 1. The number of nitrogens with two attached hydrogens (primary N) is 1. The Morgan fingerprint density at radius 2 is 2.04 bits per heavy atom. The van der Waals surface area contributed by atoms with Crippen molar-refractivity contribution in [1.29, 1.82) is 0 Å². The van der Waals surface area contributed by atoms with Gasteiger partial charge >= 0.3 is 0 Å². The average molecular weight is 356 g/mol. The van der Waals surface area contributed by atoms with E-state index in [0.29, 0.717) is 38.4 Å². The fourth-order valence-corrected chi connectivity index (χ4v) is 4.13. The van der Waals surface area contributed by atoms with Crippen LogP contribution in [-0.2, 0) is 27.8 Å². The van der Waals surface area contributed by atoms with Gasteiger partial charge in [0, 0.05) is 45.8 Å². The fraction of sp³-hybridized carbons (Fsp3) is 0.714. The summed E-state index contributed by atoms with van der Waals surface area (Å²) in [5, 5.41) is 3.38. The van der Waals surface area contributed by atoms with Crippen LogP contribution in [0.15, 0.2) is 0 Å². The molecule has 0 amide bonds. The van der Waals surface area contributed by atoms with E-state index < -0.39 is 10.2 Å². The second-order valence-corrected chi connectivity index (χ2v) is 8.39. The maximum absolute atomic E-state index is 12.4. The third-order valence-corrected chi connectivity index (χ3v) is 6.32. The van der Waals surface area contributed by atoms with Crippen molar-refractivity contribution >= 4 is 22.0 Å². The molecule has 1 aromatic heterocycles. The van der Waals surface area contributed by atoms with E-state index in [0.717, 1.165) is 24.3 Å². The summed E-state index contributed by atoms with van der Waals surface area (Å²) in [7, 11) is -0.360. The van der Waals surface area contributed by atoms with E-state index in [1.165, 1.54) is 22.7 Å². The number of anilines is 2. The molecule has 0 aromatic carbocycles. The maximum atomic E-state index is 12.4. The van der Waals surface area contributed by atoms with Crippen molar-refractivity contribution in [2.75, 3.05) is 51.4 Å². The summed E-state index contributed by atoms with van der Waals surface area (Å²) in [6.07, 6.45) is 1.99. The van der Waals surface area contributed by atoms with Crippen LogP contribution in [0.3, 0.4) is 0 Å². The zero-order valence-corrected chi connectivity index (χ0v) is 14.8. The van der Waals surface area contributed by atoms with Gasteiger partial charge in [0.15, 0.2) is 0 Å². The molecule has 10 heteroatoms. The summed E-state index contributed by atoms with van der Waals surface area (Å²) < 4.78 is 32.9. The summed E-state index contributed by atoms with van der Waals surface area (Å²) in [5.74, 6) is 0.913. The Labute approximate surface area is 142 Å². The lowest BCUT2D eigenvalue weighted by Gasteiger charge is -2.23. The molecule has 3 rings (SSSR count). The minimum atomic E-state index is -3.44. The van der Waals surface area contributed by atoms with Crippen molar-refractivity contribution in [1.82, 2.24) is 18.6 Å². The van der Waals surface area contributed by atoms with E-state index in [1.54, 1.807) is 0 Å². The van der Waals surface area contributed by atoms with Crippen LogP contribution in [0.25, 0.3) is 0 Å². The van der Waals surface area contributed by atoms with Crippen molar-refractivity contribution in [3.05, 3.63) is 11.3 Å². The molecule has 3 heterocycles. The normalized spacial score (nSPS) is 22.4. The lowest BCUT2D eigenvalue weighted by atomic mass is 10.1. The molecule has 2 aliphatic heterocycles. The Morgan fingerprint density at radius 1 is 1.29 bits per heavy atom. The van der Waals surface area contributed by atoms with E-state index >= 15 is 0 Å². The maximum Gasteiger partial charge on any atom is 0.281 e. The van der Waals surface area contributed by atoms with Crippen LogP contribution in [0.1, 0.15) is 17.7 Å². The van der Waals surface area contributed by atoms with Gasteiger partial charge in [0.25, 0.3) is 10.2 Å². The molecule has 9 nitrogen and oxygen atoms in total. The van der Waals surface area contributed by atoms with Gasteiger partial charge in [-0.2, -0.15) is 22.0 Å². The summed E-state index contributed by atoms with van der Waals surface area (Å²) in [6, 6.07) is 0.202. The molecule has 0 unspecified atom stereocenters. The minimum Gasteiger partial charge on any atom is -0.379 e.